The van der Waals surface area contributed by atoms with E-state index in [1.54, 1.807) is 18.4 Å². The van der Waals surface area contributed by atoms with Crippen LogP contribution in [0.5, 0.6) is 0 Å². The predicted octanol–water partition coefficient (Wildman–Crippen LogP) is 3.43. The van der Waals surface area contributed by atoms with Crippen LogP contribution in [0, 0.1) is 21.7 Å². The number of nitro benzene ring substituents is 1. The Morgan fingerprint density at radius 3 is 2.71 bits per heavy atom. The summed E-state index contributed by atoms with van der Waals surface area (Å²) < 4.78 is 27.2. The van der Waals surface area contributed by atoms with Crippen LogP contribution in [-0.4, -0.2) is 10.8 Å². The van der Waals surface area contributed by atoms with Crippen LogP contribution in [-0.2, 0) is 0 Å². The number of thiophene rings is 1. The van der Waals surface area contributed by atoms with Gasteiger partial charge >= 0.3 is 5.69 Å². The van der Waals surface area contributed by atoms with Crippen LogP contribution in [0.3, 0.4) is 0 Å². The topological polar surface area (TPSA) is 72.2 Å². The summed E-state index contributed by atoms with van der Waals surface area (Å²) in [4.78, 5) is 21.5. The van der Waals surface area contributed by atoms with Gasteiger partial charge in [0, 0.05) is 0 Å². The summed E-state index contributed by atoms with van der Waals surface area (Å²) in [7, 11) is 0. The number of nitrogens with zero attached hydrogens (tertiary/aromatic N) is 1. The van der Waals surface area contributed by atoms with Crippen molar-refractivity contribution >= 4 is 22.9 Å². The molecule has 1 amide bonds. The third kappa shape index (κ3) is 3.22. The lowest BCUT2D eigenvalue weighted by Gasteiger charge is -2.13. The van der Waals surface area contributed by atoms with Crippen LogP contribution < -0.4 is 5.32 Å². The van der Waals surface area contributed by atoms with Crippen LogP contribution in [0.1, 0.15) is 28.9 Å². The lowest BCUT2D eigenvalue weighted by molar-refractivity contribution is -0.387. The van der Waals surface area contributed by atoms with Gasteiger partial charge in [0.1, 0.15) is 5.82 Å². The molecule has 1 heterocycles. The van der Waals surface area contributed by atoms with Crippen LogP contribution in [0.2, 0.25) is 0 Å². The zero-order chi connectivity index (χ0) is 15.6. The van der Waals surface area contributed by atoms with E-state index >= 15 is 0 Å². The zero-order valence-electron chi connectivity index (χ0n) is 10.8. The Morgan fingerprint density at radius 2 is 2.14 bits per heavy atom. The molecule has 1 N–H and O–H groups in total. The maximum absolute atomic E-state index is 13.9. The number of carbonyl (C=O) groups excluding carboxylic acids is 1. The number of nitrogens with one attached hydrogen (secondary N) is 1. The largest absolute Gasteiger partial charge is 0.345 e. The normalized spacial score (nSPS) is 12.0. The van der Waals surface area contributed by atoms with Gasteiger partial charge in [0.25, 0.3) is 5.91 Å². The van der Waals surface area contributed by atoms with Crippen LogP contribution in [0.4, 0.5) is 14.5 Å². The number of rotatable bonds is 4. The quantitative estimate of drug-likeness (QED) is 0.694. The molecule has 8 heteroatoms. The van der Waals surface area contributed by atoms with Gasteiger partial charge in [-0.1, -0.05) is 0 Å². The average molecular weight is 312 g/mol. The van der Waals surface area contributed by atoms with Gasteiger partial charge in [0.2, 0.25) is 5.82 Å². The van der Waals surface area contributed by atoms with E-state index in [0.717, 1.165) is 5.56 Å². The number of nitro groups is 1. The number of amides is 1. The average Bonchev–Trinajstić information content (AvgIpc) is 2.94. The van der Waals surface area contributed by atoms with E-state index in [-0.39, 0.29) is 0 Å². The molecule has 0 fully saturated rings. The summed E-state index contributed by atoms with van der Waals surface area (Å²) in [5.74, 6) is -3.30. The van der Waals surface area contributed by atoms with Gasteiger partial charge in [-0.3, -0.25) is 14.9 Å². The molecular formula is C13H10F2N2O3S. The fourth-order valence-electron chi connectivity index (χ4n) is 1.75. The minimum absolute atomic E-state index is 0.425. The molecule has 0 spiro atoms. The standard InChI is InChI=1S/C13H10F2N2O3S/c1-7(8-2-3-21-6-8)16-13(18)10-4-9(14)5-11(12(10)15)17(19)20/h2-7H,1H3,(H,16,18). The first kappa shape index (κ1) is 15.0. The molecule has 2 aromatic rings. The first-order valence-corrected chi connectivity index (χ1v) is 6.81. The summed E-state index contributed by atoms with van der Waals surface area (Å²) in [5, 5.41) is 16.7. The van der Waals surface area contributed by atoms with Crippen molar-refractivity contribution in [3.63, 3.8) is 0 Å². The number of hydrogen-bond acceptors (Lipinski definition) is 4. The Labute approximate surface area is 122 Å². The van der Waals surface area contributed by atoms with Gasteiger partial charge in [-0.15, -0.1) is 0 Å². The second kappa shape index (κ2) is 5.96. The second-order valence-electron chi connectivity index (χ2n) is 4.30. The maximum Gasteiger partial charge on any atom is 0.308 e. The van der Waals surface area contributed by atoms with Crippen molar-refractivity contribution in [1.29, 1.82) is 0 Å². The van der Waals surface area contributed by atoms with Gasteiger partial charge in [-0.2, -0.15) is 15.7 Å². The Hall–Kier alpha value is -2.35. The van der Waals surface area contributed by atoms with Gasteiger partial charge < -0.3 is 5.32 Å². The van der Waals surface area contributed by atoms with Gasteiger partial charge in [-0.05, 0) is 35.4 Å². The SMILES string of the molecule is CC(NC(=O)c1cc(F)cc([N+](=O)[O-])c1F)c1ccsc1. The Balaban J connectivity index is 2.29. The second-order valence-corrected chi connectivity index (χ2v) is 5.08. The lowest BCUT2D eigenvalue weighted by Crippen LogP contribution is -2.27. The first-order valence-electron chi connectivity index (χ1n) is 5.86. The summed E-state index contributed by atoms with van der Waals surface area (Å²) in [5.41, 5.74) is -0.952. The smallest absolute Gasteiger partial charge is 0.308 e. The molecule has 1 aromatic heterocycles. The first-order chi connectivity index (χ1) is 9.90. The van der Waals surface area contributed by atoms with Gasteiger partial charge in [0.15, 0.2) is 0 Å². The maximum atomic E-state index is 13.9. The molecule has 1 atom stereocenters. The van der Waals surface area contributed by atoms with Crippen molar-refractivity contribution in [3.8, 4) is 0 Å². The van der Waals surface area contributed by atoms with Crippen molar-refractivity contribution in [2.45, 2.75) is 13.0 Å². The number of hydrogen-bond donors (Lipinski definition) is 1. The fraction of sp³-hybridized carbons (Fsp3) is 0.154. The summed E-state index contributed by atoms with van der Waals surface area (Å²) in [6, 6.07) is 2.43. The molecule has 21 heavy (non-hydrogen) atoms. The summed E-state index contributed by atoms with van der Waals surface area (Å²) in [6.07, 6.45) is 0. The van der Waals surface area contributed by atoms with Crippen LogP contribution in [0.25, 0.3) is 0 Å². The molecule has 0 radical (unpaired) electrons. The molecule has 5 nitrogen and oxygen atoms in total. The molecule has 0 bridgehead atoms. The molecule has 0 aliphatic heterocycles. The molecule has 0 aliphatic carbocycles. The Morgan fingerprint density at radius 1 is 1.43 bits per heavy atom. The highest BCUT2D eigenvalue weighted by atomic mass is 32.1. The molecule has 0 aliphatic rings. The van der Waals surface area contributed by atoms with E-state index in [9.17, 15) is 23.7 Å². The van der Waals surface area contributed by atoms with E-state index in [4.69, 9.17) is 0 Å². The van der Waals surface area contributed by atoms with Crippen molar-refractivity contribution in [2.75, 3.05) is 0 Å². The molecule has 0 saturated carbocycles. The molecule has 110 valence electrons. The van der Waals surface area contributed by atoms with Crippen LogP contribution in [0.15, 0.2) is 29.0 Å². The Bertz CT molecular complexity index is 689. The summed E-state index contributed by atoms with van der Waals surface area (Å²) >= 11 is 1.43. The highest BCUT2D eigenvalue weighted by Crippen LogP contribution is 2.23. The van der Waals surface area contributed by atoms with Crippen molar-refractivity contribution < 1.29 is 18.5 Å². The summed E-state index contributed by atoms with van der Waals surface area (Å²) in [6.45, 7) is 1.67. The minimum Gasteiger partial charge on any atom is -0.345 e. The Kier molecular flexibility index (Phi) is 4.27. The van der Waals surface area contributed by atoms with E-state index < -0.39 is 39.8 Å². The molecule has 1 aromatic carbocycles. The molecule has 1 unspecified atom stereocenters. The van der Waals surface area contributed by atoms with E-state index in [0.29, 0.717) is 12.1 Å². The highest BCUT2D eigenvalue weighted by Gasteiger charge is 2.25. The minimum atomic E-state index is -1.35. The van der Waals surface area contributed by atoms with E-state index in [1.165, 1.54) is 11.3 Å². The lowest BCUT2D eigenvalue weighted by atomic mass is 10.1. The zero-order valence-corrected chi connectivity index (χ0v) is 11.6. The van der Waals surface area contributed by atoms with E-state index in [1.807, 2.05) is 5.38 Å². The molecule has 0 saturated heterocycles. The van der Waals surface area contributed by atoms with Crippen molar-refractivity contribution in [3.05, 3.63) is 61.8 Å². The van der Waals surface area contributed by atoms with Crippen LogP contribution >= 0.6 is 11.3 Å². The van der Waals surface area contributed by atoms with Crippen molar-refractivity contribution in [1.82, 2.24) is 5.32 Å². The van der Waals surface area contributed by atoms with Gasteiger partial charge in [-0.25, -0.2) is 4.39 Å². The number of benzene rings is 1. The predicted molar refractivity (Wildman–Crippen MR) is 73.2 cm³/mol. The third-order valence-corrected chi connectivity index (χ3v) is 3.55. The molecular weight excluding hydrogens is 302 g/mol. The van der Waals surface area contributed by atoms with Gasteiger partial charge in [0.05, 0.1) is 22.6 Å². The molecule has 2 rings (SSSR count). The fourth-order valence-corrected chi connectivity index (χ4v) is 2.51. The van der Waals surface area contributed by atoms with E-state index in [2.05, 4.69) is 5.32 Å². The number of carbonyl (C=O) groups is 1. The third-order valence-electron chi connectivity index (χ3n) is 2.85. The monoisotopic (exact) mass is 312 g/mol. The van der Waals surface area contributed by atoms with Crippen molar-refractivity contribution in [2.24, 2.45) is 0 Å². The highest BCUT2D eigenvalue weighted by molar-refractivity contribution is 7.07. The number of halogens is 2.